The predicted octanol–water partition coefficient (Wildman–Crippen LogP) is 2.53. The quantitative estimate of drug-likeness (QED) is 0.470. The van der Waals surface area contributed by atoms with Crippen LogP contribution in [-0.4, -0.2) is 22.0 Å². The number of carboxylic acids is 1. The van der Waals surface area contributed by atoms with Gasteiger partial charge in [0, 0.05) is 18.6 Å². The molecule has 0 heterocycles. The number of carbonyl (C=O) groups excluding carboxylic acids is 1. The molecule has 0 amide bonds. The molecule has 21 heavy (non-hydrogen) atoms. The van der Waals surface area contributed by atoms with Gasteiger partial charge < -0.3 is 9.84 Å². The Bertz CT molecular complexity index is 535. The SMILES string of the molecule is CC(C)(CCC(=O)OCc1ccc([N+](=O)[O-])cc1)C(=O)O. The zero-order valence-electron chi connectivity index (χ0n) is 11.9. The van der Waals surface area contributed by atoms with E-state index in [-0.39, 0.29) is 25.1 Å². The number of rotatable bonds is 7. The molecule has 0 spiro atoms. The smallest absolute Gasteiger partial charge is 0.309 e. The van der Waals surface area contributed by atoms with Gasteiger partial charge in [-0.15, -0.1) is 0 Å². The van der Waals surface area contributed by atoms with Crippen molar-refractivity contribution in [2.24, 2.45) is 5.41 Å². The van der Waals surface area contributed by atoms with Gasteiger partial charge in [0.25, 0.3) is 5.69 Å². The van der Waals surface area contributed by atoms with Crippen molar-refractivity contribution in [3.05, 3.63) is 39.9 Å². The van der Waals surface area contributed by atoms with E-state index < -0.39 is 22.3 Å². The highest BCUT2D eigenvalue weighted by molar-refractivity contribution is 5.75. The summed E-state index contributed by atoms with van der Waals surface area (Å²) < 4.78 is 5.00. The number of nitro benzene ring substituents is 1. The predicted molar refractivity (Wildman–Crippen MR) is 73.5 cm³/mol. The van der Waals surface area contributed by atoms with Crippen LogP contribution in [-0.2, 0) is 20.9 Å². The van der Waals surface area contributed by atoms with Crippen LogP contribution in [0.25, 0.3) is 0 Å². The molecule has 0 bridgehead atoms. The van der Waals surface area contributed by atoms with Crippen molar-refractivity contribution in [2.75, 3.05) is 0 Å². The molecular formula is C14H17NO6. The first kappa shape index (κ1) is 16.6. The van der Waals surface area contributed by atoms with Crippen LogP contribution in [0.3, 0.4) is 0 Å². The standard InChI is InChI=1S/C14H17NO6/c1-14(2,13(17)18)8-7-12(16)21-9-10-3-5-11(6-4-10)15(19)20/h3-6H,7-9H2,1-2H3,(H,17,18). The Kier molecular flexibility index (Phi) is 5.40. The average molecular weight is 295 g/mol. The summed E-state index contributed by atoms with van der Waals surface area (Å²) in [6.07, 6.45) is 0.188. The lowest BCUT2D eigenvalue weighted by Gasteiger charge is -2.17. The van der Waals surface area contributed by atoms with Crippen LogP contribution < -0.4 is 0 Å². The van der Waals surface area contributed by atoms with Crippen molar-refractivity contribution in [1.29, 1.82) is 0 Å². The first-order chi connectivity index (χ1) is 9.72. The summed E-state index contributed by atoms with van der Waals surface area (Å²) in [7, 11) is 0. The van der Waals surface area contributed by atoms with Crippen LogP contribution in [0.2, 0.25) is 0 Å². The minimum absolute atomic E-state index is 0.00429. The van der Waals surface area contributed by atoms with Crippen molar-refractivity contribution in [3.8, 4) is 0 Å². The van der Waals surface area contributed by atoms with Crippen molar-refractivity contribution >= 4 is 17.6 Å². The molecule has 1 aromatic rings. The summed E-state index contributed by atoms with van der Waals surface area (Å²) in [5.41, 5.74) is -0.383. The summed E-state index contributed by atoms with van der Waals surface area (Å²) in [6, 6.07) is 5.67. The molecular weight excluding hydrogens is 278 g/mol. The monoisotopic (exact) mass is 295 g/mol. The summed E-state index contributed by atoms with van der Waals surface area (Å²) in [5.74, 6) is -1.46. The molecule has 7 heteroatoms. The number of non-ortho nitro benzene ring substituents is 1. The number of esters is 1. The summed E-state index contributed by atoms with van der Waals surface area (Å²) in [5, 5.41) is 19.4. The fourth-order valence-corrected chi connectivity index (χ4v) is 1.47. The van der Waals surface area contributed by atoms with Crippen molar-refractivity contribution in [3.63, 3.8) is 0 Å². The molecule has 0 unspecified atom stereocenters. The van der Waals surface area contributed by atoms with Gasteiger partial charge in [0.15, 0.2) is 0 Å². The van der Waals surface area contributed by atoms with Gasteiger partial charge in [0.05, 0.1) is 10.3 Å². The normalized spacial score (nSPS) is 11.0. The Hall–Kier alpha value is -2.44. The molecule has 7 nitrogen and oxygen atoms in total. The second-order valence-corrected chi connectivity index (χ2v) is 5.27. The van der Waals surface area contributed by atoms with Crippen LogP contribution in [0.1, 0.15) is 32.3 Å². The Morgan fingerprint density at radius 1 is 1.29 bits per heavy atom. The van der Waals surface area contributed by atoms with E-state index in [1.165, 1.54) is 24.3 Å². The second kappa shape index (κ2) is 6.83. The minimum atomic E-state index is -0.980. The molecule has 114 valence electrons. The number of carbonyl (C=O) groups is 2. The Balaban J connectivity index is 2.43. The maximum atomic E-state index is 11.5. The fraction of sp³-hybridized carbons (Fsp3) is 0.429. The van der Waals surface area contributed by atoms with E-state index >= 15 is 0 Å². The minimum Gasteiger partial charge on any atom is -0.481 e. The van der Waals surface area contributed by atoms with Gasteiger partial charge in [-0.3, -0.25) is 19.7 Å². The van der Waals surface area contributed by atoms with Gasteiger partial charge in [0.1, 0.15) is 6.61 Å². The lowest BCUT2D eigenvalue weighted by Crippen LogP contribution is -2.24. The van der Waals surface area contributed by atoms with Crippen LogP contribution in [0.4, 0.5) is 5.69 Å². The van der Waals surface area contributed by atoms with Crippen molar-refractivity contribution in [2.45, 2.75) is 33.3 Å². The average Bonchev–Trinajstić information content (AvgIpc) is 2.43. The first-order valence-corrected chi connectivity index (χ1v) is 6.35. The lowest BCUT2D eigenvalue weighted by atomic mass is 9.88. The van der Waals surface area contributed by atoms with E-state index in [4.69, 9.17) is 9.84 Å². The van der Waals surface area contributed by atoms with Crippen LogP contribution in [0.15, 0.2) is 24.3 Å². The van der Waals surface area contributed by atoms with Gasteiger partial charge in [-0.25, -0.2) is 0 Å². The summed E-state index contributed by atoms with van der Waals surface area (Å²) in [6.45, 7) is 3.09. The van der Waals surface area contributed by atoms with E-state index in [9.17, 15) is 19.7 Å². The number of hydrogen-bond acceptors (Lipinski definition) is 5. The number of hydrogen-bond donors (Lipinski definition) is 1. The third-order valence-electron chi connectivity index (χ3n) is 3.08. The lowest BCUT2D eigenvalue weighted by molar-refractivity contribution is -0.384. The maximum absolute atomic E-state index is 11.5. The number of aliphatic carboxylic acids is 1. The first-order valence-electron chi connectivity index (χ1n) is 6.35. The fourth-order valence-electron chi connectivity index (χ4n) is 1.47. The highest BCUT2D eigenvalue weighted by Gasteiger charge is 2.27. The number of nitrogens with zero attached hydrogens (tertiary/aromatic N) is 1. The molecule has 1 aromatic carbocycles. The van der Waals surface area contributed by atoms with Crippen molar-refractivity contribution < 1.29 is 24.4 Å². The molecule has 1 N–H and O–H groups in total. The van der Waals surface area contributed by atoms with Crippen LogP contribution in [0.5, 0.6) is 0 Å². The molecule has 0 saturated heterocycles. The molecule has 0 atom stereocenters. The highest BCUT2D eigenvalue weighted by Crippen LogP contribution is 2.22. The molecule has 0 saturated carbocycles. The van der Waals surface area contributed by atoms with Crippen LogP contribution in [0, 0.1) is 15.5 Å². The summed E-state index contributed by atoms with van der Waals surface area (Å²) >= 11 is 0. The molecule has 0 aliphatic carbocycles. The largest absolute Gasteiger partial charge is 0.481 e. The Morgan fingerprint density at radius 3 is 2.33 bits per heavy atom. The molecule has 0 radical (unpaired) electrons. The van der Waals surface area contributed by atoms with Crippen molar-refractivity contribution in [1.82, 2.24) is 0 Å². The second-order valence-electron chi connectivity index (χ2n) is 5.27. The molecule has 0 aromatic heterocycles. The number of nitro groups is 1. The third-order valence-corrected chi connectivity index (χ3v) is 3.08. The van der Waals surface area contributed by atoms with E-state index in [0.29, 0.717) is 5.56 Å². The van der Waals surface area contributed by atoms with E-state index in [0.717, 1.165) is 0 Å². The molecule has 1 rings (SSSR count). The molecule has 0 aliphatic heterocycles. The zero-order valence-corrected chi connectivity index (χ0v) is 11.9. The number of ether oxygens (including phenoxy) is 1. The van der Waals surface area contributed by atoms with Crippen LogP contribution >= 0.6 is 0 Å². The van der Waals surface area contributed by atoms with E-state index in [2.05, 4.69) is 0 Å². The Morgan fingerprint density at radius 2 is 1.86 bits per heavy atom. The van der Waals surface area contributed by atoms with Gasteiger partial charge in [-0.05, 0) is 38.0 Å². The topological polar surface area (TPSA) is 107 Å². The maximum Gasteiger partial charge on any atom is 0.309 e. The summed E-state index contributed by atoms with van der Waals surface area (Å²) in [4.78, 5) is 32.4. The molecule has 0 fully saturated rings. The van der Waals surface area contributed by atoms with Gasteiger partial charge in [-0.1, -0.05) is 0 Å². The van der Waals surface area contributed by atoms with Gasteiger partial charge in [-0.2, -0.15) is 0 Å². The Labute approximate surface area is 121 Å². The van der Waals surface area contributed by atoms with E-state index in [1.54, 1.807) is 13.8 Å². The van der Waals surface area contributed by atoms with Gasteiger partial charge >= 0.3 is 11.9 Å². The molecule has 0 aliphatic rings. The third kappa shape index (κ3) is 5.21. The highest BCUT2D eigenvalue weighted by atomic mass is 16.6. The number of carboxylic acid groups (broad SMARTS) is 1. The zero-order chi connectivity index (χ0) is 16.0. The van der Waals surface area contributed by atoms with Gasteiger partial charge in [0.2, 0.25) is 0 Å². The van der Waals surface area contributed by atoms with E-state index in [1.807, 2.05) is 0 Å². The number of benzene rings is 1.